The average molecular weight is 326 g/mol. The zero-order valence-corrected chi connectivity index (χ0v) is 13.0. The fourth-order valence-corrected chi connectivity index (χ4v) is 2.13. The van der Waals surface area contributed by atoms with Gasteiger partial charge in [-0.05, 0) is 37.4 Å². The number of halogens is 3. The van der Waals surface area contributed by atoms with Crippen molar-refractivity contribution in [2.75, 3.05) is 13.2 Å². The van der Waals surface area contributed by atoms with Gasteiger partial charge in [0.1, 0.15) is 17.5 Å². The molecule has 2 heterocycles. The molecule has 0 aliphatic carbocycles. The summed E-state index contributed by atoms with van der Waals surface area (Å²) in [5.41, 5.74) is 0.957. The van der Waals surface area contributed by atoms with Crippen molar-refractivity contribution in [1.82, 2.24) is 10.3 Å². The Morgan fingerprint density at radius 3 is 2.95 bits per heavy atom. The molecule has 2 rings (SSSR count). The predicted molar refractivity (Wildman–Crippen MR) is 84.2 cm³/mol. The number of aromatic nitrogens is 1. The van der Waals surface area contributed by atoms with E-state index < -0.39 is 0 Å². The number of nitrogens with zero attached hydrogens (tertiary/aromatic N) is 1. The Hall–Kier alpha value is -0.480. The zero-order chi connectivity index (χ0) is 12.1. The molecule has 108 valence electrons. The van der Waals surface area contributed by atoms with Gasteiger partial charge in [0.05, 0.1) is 6.20 Å². The van der Waals surface area contributed by atoms with E-state index in [1.54, 1.807) is 6.20 Å². The van der Waals surface area contributed by atoms with Gasteiger partial charge in [-0.1, -0.05) is 17.7 Å². The van der Waals surface area contributed by atoms with Crippen LogP contribution in [0.1, 0.15) is 18.4 Å². The van der Waals surface area contributed by atoms with Crippen LogP contribution in [0.25, 0.3) is 0 Å². The highest BCUT2D eigenvalue weighted by Gasteiger charge is 2.14. The molecule has 1 atom stereocenters. The lowest BCUT2D eigenvalue weighted by molar-refractivity contribution is 0.276. The Bertz CT molecular complexity index is 395. The number of nitrogens with one attached hydrogen (secondary N) is 1. The van der Waals surface area contributed by atoms with Crippen LogP contribution in [0.5, 0.6) is 5.75 Å². The van der Waals surface area contributed by atoms with Crippen molar-refractivity contribution in [2.45, 2.75) is 25.3 Å². The van der Waals surface area contributed by atoms with Gasteiger partial charge >= 0.3 is 0 Å². The van der Waals surface area contributed by atoms with E-state index in [2.05, 4.69) is 16.9 Å². The summed E-state index contributed by atoms with van der Waals surface area (Å²) in [5.74, 6) is 0.778. The maximum Gasteiger partial charge on any atom is 0.138 e. The topological polar surface area (TPSA) is 34.1 Å². The lowest BCUT2D eigenvalue weighted by Crippen LogP contribution is -2.28. The molecule has 0 amide bonds. The Kier molecular flexibility index (Phi) is 9.19. The second-order valence-corrected chi connectivity index (χ2v) is 4.58. The van der Waals surface area contributed by atoms with Gasteiger partial charge < -0.3 is 10.1 Å². The van der Waals surface area contributed by atoms with E-state index in [1.807, 2.05) is 12.1 Å². The molecule has 1 fully saturated rings. The van der Waals surface area contributed by atoms with E-state index in [0.717, 1.165) is 17.9 Å². The highest BCUT2D eigenvalue weighted by molar-refractivity contribution is 6.30. The minimum atomic E-state index is 0. The van der Waals surface area contributed by atoms with Gasteiger partial charge in [0.25, 0.3) is 0 Å². The highest BCUT2D eigenvalue weighted by Crippen LogP contribution is 2.20. The molecular weight excluding hydrogens is 307 g/mol. The van der Waals surface area contributed by atoms with Crippen molar-refractivity contribution in [3.8, 4) is 5.75 Å². The molecule has 3 nitrogen and oxygen atoms in total. The van der Waals surface area contributed by atoms with E-state index in [-0.39, 0.29) is 24.8 Å². The first-order valence-electron chi connectivity index (χ1n) is 5.91. The lowest BCUT2D eigenvalue weighted by atomic mass is 10.2. The molecule has 0 unspecified atom stereocenters. The quantitative estimate of drug-likeness (QED) is 0.665. The number of hydrogen-bond donors (Lipinski definition) is 1. The van der Waals surface area contributed by atoms with Crippen molar-refractivity contribution in [1.29, 1.82) is 0 Å². The Balaban J connectivity index is 0.00000162. The van der Waals surface area contributed by atoms with Crippen LogP contribution in [0, 0.1) is 0 Å². The zero-order valence-electron chi connectivity index (χ0n) is 10.6. The first-order chi connectivity index (χ1) is 8.29. The molecule has 0 bridgehead atoms. The van der Waals surface area contributed by atoms with Gasteiger partial charge in [-0.25, -0.2) is 4.98 Å². The summed E-state index contributed by atoms with van der Waals surface area (Å²) in [6.07, 6.45) is 6.61. The van der Waals surface area contributed by atoms with Crippen LogP contribution in [-0.4, -0.2) is 24.2 Å². The average Bonchev–Trinajstić information content (AvgIpc) is 2.83. The minimum Gasteiger partial charge on any atom is -0.490 e. The summed E-state index contributed by atoms with van der Waals surface area (Å²) < 4.78 is 5.71. The maximum atomic E-state index is 5.98. The third-order valence-electron chi connectivity index (χ3n) is 2.86. The summed E-state index contributed by atoms with van der Waals surface area (Å²) in [6.45, 7) is 5.48. The monoisotopic (exact) mass is 324 g/mol. The molecule has 0 radical (unpaired) electrons. The van der Waals surface area contributed by atoms with Crippen molar-refractivity contribution in [3.05, 3.63) is 35.6 Å². The van der Waals surface area contributed by atoms with Crippen molar-refractivity contribution >= 4 is 36.4 Å². The number of rotatable bonds is 5. The van der Waals surface area contributed by atoms with Crippen LogP contribution in [0.15, 0.2) is 24.9 Å². The number of pyridine rings is 1. The molecule has 1 saturated heterocycles. The van der Waals surface area contributed by atoms with E-state index in [4.69, 9.17) is 16.3 Å². The van der Waals surface area contributed by atoms with Gasteiger partial charge in [0, 0.05) is 6.04 Å². The predicted octanol–water partition coefficient (Wildman–Crippen LogP) is 3.44. The second-order valence-electron chi connectivity index (χ2n) is 4.22. The van der Waals surface area contributed by atoms with Crippen LogP contribution in [0.4, 0.5) is 0 Å². The fraction of sp³-hybridized carbons (Fsp3) is 0.462. The van der Waals surface area contributed by atoms with Gasteiger partial charge in [-0.3, -0.25) is 0 Å². The smallest absolute Gasteiger partial charge is 0.138 e. The van der Waals surface area contributed by atoms with Crippen molar-refractivity contribution in [3.63, 3.8) is 0 Å². The van der Waals surface area contributed by atoms with E-state index in [9.17, 15) is 0 Å². The molecule has 6 heteroatoms. The molecule has 1 aliphatic heterocycles. The maximum absolute atomic E-state index is 5.98. The van der Waals surface area contributed by atoms with Gasteiger partial charge in [0.15, 0.2) is 0 Å². The van der Waals surface area contributed by atoms with Crippen LogP contribution in [0.2, 0.25) is 5.15 Å². The number of ether oxygens (including phenoxy) is 1. The minimum absolute atomic E-state index is 0. The summed E-state index contributed by atoms with van der Waals surface area (Å²) in [7, 11) is 0. The Labute approximate surface area is 131 Å². The molecule has 1 aromatic heterocycles. The third-order valence-corrected chi connectivity index (χ3v) is 3.20. The first-order valence-corrected chi connectivity index (χ1v) is 6.29. The number of allylic oxidation sites excluding steroid dienone is 1. The standard InChI is InChI=1S/C13H17ClN2O.2ClH/c1-2-4-10-7-12(8-16-13(10)14)17-9-11-5-3-6-15-11;;/h2,7-8,11,15H,1,3-6,9H2;2*1H/t11-;;/m0../s1. The molecule has 0 aromatic carbocycles. The lowest BCUT2D eigenvalue weighted by Gasteiger charge is -2.12. The van der Waals surface area contributed by atoms with Gasteiger partial charge in [-0.2, -0.15) is 0 Å². The second kappa shape index (κ2) is 9.43. The summed E-state index contributed by atoms with van der Waals surface area (Å²) >= 11 is 5.98. The van der Waals surface area contributed by atoms with Crippen molar-refractivity contribution < 1.29 is 4.74 Å². The van der Waals surface area contributed by atoms with Gasteiger partial charge in [-0.15, -0.1) is 31.4 Å². The van der Waals surface area contributed by atoms with Crippen LogP contribution in [-0.2, 0) is 6.42 Å². The molecule has 1 N–H and O–H groups in total. The van der Waals surface area contributed by atoms with Crippen LogP contribution in [0.3, 0.4) is 0 Å². The Morgan fingerprint density at radius 2 is 2.32 bits per heavy atom. The van der Waals surface area contributed by atoms with E-state index in [1.165, 1.54) is 12.8 Å². The Morgan fingerprint density at radius 1 is 1.53 bits per heavy atom. The molecule has 19 heavy (non-hydrogen) atoms. The highest BCUT2D eigenvalue weighted by atomic mass is 35.5. The molecule has 0 saturated carbocycles. The summed E-state index contributed by atoms with van der Waals surface area (Å²) in [5, 5.41) is 3.91. The van der Waals surface area contributed by atoms with Crippen LogP contribution >= 0.6 is 36.4 Å². The number of hydrogen-bond acceptors (Lipinski definition) is 3. The van der Waals surface area contributed by atoms with Crippen LogP contribution < -0.4 is 10.1 Å². The van der Waals surface area contributed by atoms with E-state index in [0.29, 0.717) is 24.2 Å². The molecule has 1 aromatic rings. The third kappa shape index (κ3) is 5.57. The van der Waals surface area contributed by atoms with Crippen molar-refractivity contribution in [2.24, 2.45) is 0 Å². The summed E-state index contributed by atoms with van der Waals surface area (Å²) in [4.78, 5) is 4.12. The van der Waals surface area contributed by atoms with Gasteiger partial charge in [0.2, 0.25) is 0 Å². The fourth-order valence-electron chi connectivity index (χ4n) is 1.95. The van der Waals surface area contributed by atoms with E-state index >= 15 is 0 Å². The normalized spacial score (nSPS) is 17.2. The molecule has 1 aliphatic rings. The SMILES string of the molecule is C=CCc1cc(OC[C@@H]2CCCN2)cnc1Cl.Cl.Cl. The first kappa shape index (κ1) is 18.5. The largest absolute Gasteiger partial charge is 0.490 e. The molecular formula is C13H19Cl3N2O. The summed E-state index contributed by atoms with van der Waals surface area (Å²) in [6, 6.07) is 2.40. The molecule has 0 spiro atoms.